The number of hydrogen-bond donors (Lipinski definition) is 1. The summed E-state index contributed by atoms with van der Waals surface area (Å²) in [7, 11) is 0. The molecule has 0 bridgehead atoms. The number of fused-ring (bicyclic) bond motifs is 1. The Morgan fingerprint density at radius 2 is 2.19 bits per heavy atom. The van der Waals surface area contributed by atoms with Crippen molar-refractivity contribution in [2.24, 2.45) is 0 Å². The molecule has 1 aromatic carbocycles. The Hall–Kier alpha value is -1.41. The summed E-state index contributed by atoms with van der Waals surface area (Å²) in [6, 6.07) is 5.82. The minimum Gasteiger partial charge on any atom is -0.376 e. The second-order valence-electron chi connectivity index (χ2n) is 6.68. The van der Waals surface area contributed by atoms with E-state index in [1.54, 1.807) is 11.3 Å². The summed E-state index contributed by atoms with van der Waals surface area (Å²) in [6.45, 7) is 3.76. The molecule has 1 atom stereocenters. The number of nitrogens with one attached hydrogen (secondary N) is 1. The number of benzene rings is 1. The monoisotopic (exact) mass is 395 g/mol. The first kappa shape index (κ1) is 18.0. The van der Waals surface area contributed by atoms with Crippen molar-refractivity contribution in [2.45, 2.75) is 24.9 Å². The zero-order chi connectivity index (χ0) is 17.9. The van der Waals surface area contributed by atoms with Gasteiger partial charge >= 0.3 is 6.03 Å². The fourth-order valence-corrected chi connectivity index (χ4v) is 4.67. The lowest BCUT2D eigenvalue weighted by atomic mass is 9.98. The average Bonchev–Trinajstić information content (AvgIpc) is 3.10. The number of hydrogen-bond acceptors (Lipinski definition) is 5. The van der Waals surface area contributed by atoms with Gasteiger partial charge in [-0.05, 0) is 31.0 Å². The van der Waals surface area contributed by atoms with Crippen LogP contribution in [0.4, 0.5) is 4.79 Å². The number of amides is 2. The van der Waals surface area contributed by atoms with Crippen LogP contribution in [0.15, 0.2) is 18.2 Å². The molecule has 0 saturated carbocycles. The Balaban J connectivity index is 1.29. The molecule has 2 fully saturated rings. The lowest BCUT2D eigenvalue weighted by molar-refractivity contribution is -0.0856. The third-order valence-electron chi connectivity index (χ3n) is 4.86. The average molecular weight is 396 g/mol. The molecule has 2 saturated heterocycles. The molecule has 140 valence electrons. The lowest BCUT2D eigenvalue weighted by Crippen LogP contribution is -2.47. The molecule has 1 aromatic heterocycles. The number of urea groups is 1. The van der Waals surface area contributed by atoms with Crippen LogP contribution in [0.25, 0.3) is 10.2 Å². The molecule has 0 aliphatic carbocycles. The van der Waals surface area contributed by atoms with Crippen LogP contribution in [0, 0.1) is 0 Å². The van der Waals surface area contributed by atoms with Crippen LogP contribution in [0.2, 0.25) is 5.02 Å². The number of piperidine rings is 1. The highest BCUT2D eigenvalue weighted by molar-refractivity contribution is 7.18. The van der Waals surface area contributed by atoms with Crippen molar-refractivity contribution in [3.63, 3.8) is 0 Å². The number of carbonyl (C=O) groups is 1. The predicted octanol–water partition coefficient (Wildman–Crippen LogP) is 3.25. The smallest absolute Gasteiger partial charge is 0.317 e. The topological polar surface area (TPSA) is 63.7 Å². The van der Waals surface area contributed by atoms with Gasteiger partial charge in [0, 0.05) is 30.6 Å². The minimum atomic E-state index is -0.0418. The van der Waals surface area contributed by atoms with Crippen molar-refractivity contribution in [3.05, 3.63) is 28.2 Å². The zero-order valence-corrected chi connectivity index (χ0v) is 16.0. The molecule has 2 amide bonds. The fourth-order valence-electron chi connectivity index (χ4n) is 3.39. The van der Waals surface area contributed by atoms with E-state index in [4.69, 9.17) is 26.1 Å². The Kier molecular flexibility index (Phi) is 5.59. The second kappa shape index (κ2) is 8.08. The molecule has 4 rings (SSSR count). The minimum absolute atomic E-state index is 0.0197. The van der Waals surface area contributed by atoms with E-state index < -0.39 is 0 Å². The van der Waals surface area contributed by atoms with Crippen molar-refractivity contribution in [1.29, 1.82) is 0 Å². The van der Waals surface area contributed by atoms with Gasteiger partial charge in [-0.2, -0.15) is 0 Å². The first-order valence-electron chi connectivity index (χ1n) is 8.97. The van der Waals surface area contributed by atoms with Gasteiger partial charge in [-0.1, -0.05) is 11.6 Å². The van der Waals surface area contributed by atoms with E-state index in [-0.39, 0.29) is 12.1 Å². The van der Waals surface area contributed by atoms with Gasteiger partial charge in [0.05, 0.1) is 41.1 Å². The number of aromatic nitrogens is 1. The van der Waals surface area contributed by atoms with Gasteiger partial charge < -0.3 is 19.7 Å². The standard InChI is InChI=1S/C18H22ClN3O3S/c19-13-1-2-16-15(9-13)21-17(26-16)12-3-5-22(6-4-12)18(23)20-10-14-11-24-7-8-25-14/h1-2,9,12,14H,3-8,10-11H2,(H,20,23)/t14-/m1/s1. The maximum atomic E-state index is 12.4. The van der Waals surface area contributed by atoms with E-state index >= 15 is 0 Å². The van der Waals surface area contributed by atoms with Crippen LogP contribution in [0.3, 0.4) is 0 Å². The van der Waals surface area contributed by atoms with E-state index in [0.29, 0.717) is 37.3 Å². The summed E-state index contributed by atoms with van der Waals surface area (Å²) in [5.74, 6) is 0.408. The molecular weight excluding hydrogens is 374 g/mol. The summed E-state index contributed by atoms with van der Waals surface area (Å²) < 4.78 is 12.1. The zero-order valence-electron chi connectivity index (χ0n) is 14.4. The number of halogens is 1. The third kappa shape index (κ3) is 4.11. The molecule has 2 aliphatic heterocycles. The van der Waals surface area contributed by atoms with Gasteiger partial charge in [-0.25, -0.2) is 9.78 Å². The maximum absolute atomic E-state index is 12.4. The summed E-state index contributed by atoms with van der Waals surface area (Å²) in [5, 5.41) is 4.82. The molecule has 2 aromatic rings. The quantitative estimate of drug-likeness (QED) is 0.866. The van der Waals surface area contributed by atoms with E-state index in [1.165, 1.54) is 4.70 Å². The van der Waals surface area contributed by atoms with Crippen molar-refractivity contribution in [1.82, 2.24) is 15.2 Å². The van der Waals surface area contributed by atoms with Crippen LogP contribution < -0.4 is 5.32 Å². The number of ether oxygens (including phenoxy) is 2. The van der Waals surface area contributed by atoms with E-state index in [0.717, 1.165) is 36.5 Å². The first-order chi connectivity index (χ1) is 12.7. The Labute approximate surface area is 161 Å². The SMILES string of the molecule is O=C(NC[C@@H]1COCCO1)N1CCC(c2nc3cc(Cl)ccc3s2)CC1. The predicted molar refractivity (Wildman–Crippen MR) is 102 cm³/mol. The summed E-state index contributed by atoms with van der Waals surface area (Å²) in [5.41, 5.74) is 0.965. The highest BCUT2D eigenvalue weighted by Gasteiger charge is 2.26. The van der Waals surface area contributed by atoms with E-state index in [9.17, 15) is 4.79 Å². The molecule has 6 nitrogen and oxygen atoms in total. The van der Waals surface area contributed by atoms with Crippen molar-refractivity contribution < 1.29 is 14.3 Å². The largest absolute Gasteiger partial charge is 0.376 e. The maximum Gasteiger partial charge on any atom is 0.317 e. The van der Waals surface area contributed by atoms with Crippen LogP contribution in [-0.4, -0.2) is 61.5 Å². The van der Waals surface area contributed by atoms with Gasteiger partial charge in [0.15, 0.2) is 0 Å². The number of likely N-dealkylation sites (tertiary alicyclic amines) is 1. The van der Waals surface area contributed by atoms with Gasteiger partial charge in [0.25, 0.3) is 0 Å². The molecule has 0 spiro atoms. The number of rotatable bonds is 3. The van der Waals surface area contributed by atoms with Crippen molar-refractivity contribution >= 4 is 39.2 Å². The Bertz CT molecular complexity index is 770. The normalized spacial score (nSPS) is 21.9. The van der Waals surface area contributed by atoms with Crippen LogP contribution >= 0.6 is 22.9 Å². The van der Waals surface area contributed by atoms with Gasteiger partial charge in [0.1, 0.15) is 0 Å². The van der Waals surface area contributed by atoms with Gasteiger partial charge in [-0.15, -0.1) is 11.3 Å². The summed E-state index contributed by atoms with van der Waals surface area (Å²) in [6.07, 6.45) is 1.83. The number of carbonyl (C=O) groups excluding carboxylic acids is 1. The second-order valence-corrected chi connectivity index (χ2v) is 8.18. The lowest BCUT2D eigenvalue weighted by Gasteiger charge is -2.32. The van der Waals surface area contributed by atoms with E-state index in [2.05, 4.69) is 5.32 Å². The van der Waals surface area contributed by atoms with Crippen LogP contribution in [-0.2, 0) is 9.47 Å². The third-order valence-corrected chi connectivity index (χ3v) is 6.30. The highest BCUT2D eigenvalue weighted by atomic mass is 35.5. The van der Waals surface area contributed by atoms with Crippen molar-refractivity contribution in [3.8, 4) is 0 Å². The number of nitrogens with zero attached hydrogens (tertiary/aromatic N) is 2. The fraction of sp³-hybridized carbons (Fsp3) is 0.556. The number of thiazole rings is 1. The van der Waals surface area contributed by atoms with Crippen molar-refractivity contribution in [2.75, 3.05) is 39.5 Å². The highest BCUT2D eigenvalue weighted by Crippen LogP contribution is 2.34. The molecule has 2 aliphatic rings. The summed E-state index contributed by atoms with van der Waals surface area (Å²) >= 11 is 7.78. The molecule has 0 radical (unpaired) electrons. The molecule has 8 heteroatoms. The summed E-state index contributed by atoms with van der Waals surface area (Å²) in [4.78, 5) is 19.0. The van der Waals surface area contributed by atoms with Crippen LogP contribution in [0.5, 0.6) is 0 Å². The molecule has 1 N–H and O–H groups in total. The molecular formula is C18H22ClN3O3S. The molecule has 0 unspecified atom stereocenters. The Morgan fingerprint density at radius 3 is 2.96 bits per heavy atom. The Morgan fingerprint density at radius 1 is 1.35 bits per heavy atom. The first-order valence-corrected chi connectivity index (χ1v) is 10.2. The molecule has 3 heterocycles. The molecule has 26 heavy (non-hydrogen) atoms. The van der Waals surface area contributed by atoms with Crippen LogP contribution in [0.1, 0.15) is 23.8 Å². The van der Waals surface area contributed by atoms with Gasteiger partial charge in [-0.3, -0.25) is 0 Å². The van der Waals surface area contributed by atoms with Gasteiger partial charge in [0.2, 0.25) is 0 Å². The van der Waals surface area contributed by atoms with E-state index in [1.807, 2.05) is 23.1 Å².